The van der Waals surface area contributed by atoms with Crippen LogP contribution in [0, 0.1) is 11.7 Å². The summed E-state index contributed by atoms with van der Waals surface area (Å²) in [5.41, 5.74) is 0.610. The number of aliphatic hydroxyl groups is 1. The van der Waals surface area contributed by atoms with Crippen molar-refractivity contribution in [3.8, 4) is 5.75 Å². The van der Waals surface area contributed by atoms with Crippen LogP contribution in [-0.4, -0.2) is 12.2 Å². The van der Waals surface area contributed by atoms with Crippen molar-refractivity contribution < 1.29 is 14.2 Å². The van der Waals surface area contributed by atoms with Crippen LogP contribution < -0.4 is 4.74 Å². The number of aliphatic hydroxyl groups excluding tert-OH is 1. The number of methoxy groups -OCH3 is 1. The zero-order valence-corrected chi connectivity index (χ0v) is 10.0. The molecule has 0 fully saturated rings. The lowest BCUT2D eigenvalue weighted by atomic mass is 10.00. The average Bonchev–Trinajstić information content (AvgIpc) is 2.25. The Kier molecular flexibility index (Phi) is 4.74. The van der Waals surface area contributed by atoms with Gasteiger partial charge in [0.1, 0.15) is 0 Å². The Morgan fingerprint density at radius 2 is 2.00 bits per heavy atom. The summed E-state index contributed by atoms with van der Waals surface area (Å²) in [5, 5.41) is 9.85. The van der Waals surface area contributed by atoms with Crippen molar-refractivity contribution in [1.29, 1.82) is 0 Å². The van der Waals surface area contributed by atoms with E-state index in [4.69, 9.17) is 4.74 Å². The molecule has 0 saturated carbocycles. The minimum absolute atomic E-state index is 0.208. The third-order valence-corrected chi connectivity index (χ3v) is 2.58. The molecule has 0 amide bonds. The molecule has 3 heteroatoms. The number of hydrogen-bond donors (Lipinski definition) is 1. The van der Waals surface area contributed by atoms with Gasteiger partial charge in [-0.25, -0.2) is 4.39 Å². The predicted molar refractivity (Wildman–Crippen MR) is 62.0 cm³/mol. The molecule has 0 saturated heterocycles. The average molecular weight is 226 g/mol. The van der Waals surface area contributed by atoms with E-state index in [9.17, 15) is 9.50 Å². The van der Waals surface area contributed by atoms with Crippen LogP contribution in [0.4, 0.5) is 4.39 Å². The van der Waals surface area contributed by atoms with Crippen LogP contribution in [0.25, 0.3) is 0 Å². The van der Waals surface area contributed by atoms with Gasteiger partial charge in [-0.05, 0) is 36.5 Å². The largest absolute Gasteiger partial charge is 0.494 e. The predicted octanol–water partition coefficient (Wildman–Crippen LogP) is 3.30. The van der Waals surface area contributed by atoms with Crippen LogP contribution in [0.2, 0.25) is 0 Å². The number of ether oxygens (including phenoxy) is 1. The van der Waals surface area contributed by atoms with E-state index in [0.717, 1.165) is 6.42 Å². The summed E-state index contributed by atoms with van der Waals surface area (Å²) in [4.78, 5) is 0. The molecule has 1 unspecified atom stereocenters. The summed E-state index contributed by atoms with van der Waals surface area (Å²) >= 11 is 0. The van der Waals surface area contributed by atoms with E-state index in [2.05, 4.69) is 13.8 Å². The van der Waals surface area contributed by atoms with Crippen LogP contribution in [0.1, 0.15) is 38.4 Å². The van der Waals surface area contributed by atoms with Crippen molar-refractivity contribution in [1.82, 2.24) is 0 Å². The van der Waals surface area contributed by atoms with Crippen molar-refractivity contribution in [2.24, 2.45) is 5.92 Å². The van der Waals surface area contributed by atoms with E-state index in [1.165, 1.54) is 13.2 Å². The highest BCUT2D eigenvalue weighted by atomic mass is 19.1. The molecule has 0 spiro atoms. The van der Waals surface area contributed by atoms with Gasteiger partial charge in [0.15, 0.2) is 11.6 Å². The molecular weight excluding hydrogens is 207 g/mol. The van der Waals surface area contributed by atoms with Crippen molar-refractivity contribution in [3.05, 3.63) is 29.6 Å². The van der Waals surface area contributed by atoms with E-state index in [0.29, 0.717) is 17.9 Å². The minimum Gasteiger partial charge on any atom is -0.494 e. The first-order chi connectivity index (χ1) is 7.54. The molecule has 0 aliphatic heterocycles. The molecule has 0 aliphatic rings. The second-order valence-corrected chi connectivity index (χ2v) is 4.38. The maximum absolute atomic E-state index is 13.4. The summed E-state index contributed by atoms with van der Waals surface area (Å²) in [7, 11) is 1.42. The smallest absolute Gasteiger partial charge is 0.165 e. The number of rotatable bonds is 5. The van der Waals surface area contributed by atoms with Crippen LogP contribution in [0.5, 0.6) is 5.75 Å². The first kappa shape index (κ1) is 13.0. The molecule has 0 aliphatic carbocycles. The van der Waals surface area contributed by atoms with Crippen molar-refractivity contribution >= 4 is 0 Å². The van der Waals surface area contributed by atoms with Gasteiger partial charge in [0, 0.05) is 0 Å². The third kappa shape index (κ3) is 3.49. The summed E-state index contributed by atoms with van der Waals surface area (Å²) in [5.74, 6) is 0.321. The van der Waals surface area contributed by atoms with Crippen molar-refractivity contribution in [2.45, 2.75) is 32.8 Å². The fourth-order valence-corrected chi connectivity index (χ4v) is 1.55. The summed E-state index contributed by atoms with van der Waals surface area (Å²) in [6, 6.07) is 4.58. The second-order valence-electron chi connectivity index (χ2n) is 4.38. The van der Waals surface area contributed by atoms with Crippen LogP contribution in [0.15, 0.2) is 18.2 Å². The maximum Gasteiger partial charge on any atom is 0.165 e. The Balaban J connectivity index is 2.69. The van der Waals surface area contributed by atoms with E-state index in [1.807, 2.05) is 0 Å². The zero-order chi connectivity index (χ0) is 12.1. The van der Waals surface area contributed by atoms with Gasteiger partial charge < -0.3 is 9.84 Å². The van der Waals surface area contributed by atoms with E-state index in [-0.39, 0.29) is 5.75 Å². The van der Waals surface area contributed by atoms with Gasteiger partial charge in [-0.1, -0.05) is 19.9 Å². The maximum atomic E-state index is 13.4. The topological polar surface area (TPSA) is 29.5 Å². The molecule has 2 nitrogen and oxygen atoms in total. The van der Waals surface area contributed by atoms with Crippen molar-refractivity contribution in [2.75, 3.05) is 7.11 Å². The lowest BCUT2D eigenvalue weighted by Crippen LogP contribution is -2.01. The molecule has 0 bridgehead atoms. The third-order valence-electron chi connectivity index (χ3n) is 2.58. The summed E-state index contributed by atoms with van der Waals surface area (Å²) < 4.78 is 18.2. The molecule has 90 valence electrons. The lowest BCUT2D eigenvalue weighted by molar-refractivity contribution is 0.158. The SMILES string of the molecule is COc1ccc(C(O)CCC(C)C)cc1F. The quantitative estimate of drug-likeness (QED) is 0.834. The molecule has 1 aromatic carbocycles. The standard InChI is InChI=1S/C13H19FO2/c1-9(2)4-6-12(15)10-5-7-13(16-3)11(14)8-10/h5,7-9,12,15H,4,6H2,1-3H3. The van der Waals surface area contributed by atoms with Gasteiger partial charge in [0.25, 0.3) is 0 Å². The van der Waals surface area contributed by atoms with Gasteiger partial charge in [-0.3, -0.25) is 0 Å². The molecule has 0 heterocycles. The summed E-state index contributed by atoms with van der Waals surface area (Å²) in [6.45, 7) is 4.20. The molecule has 0 radical (unpaired) electrons. The first-order valence-corrected chi connectivity index (χ1v) is 5.56. The molecular formula is C13H19FO2. The Labute approximate surface area is 96.1 Å². The fourth-order valence-electron chi connectivity index (χ4n) is 1.55. The van der Waals surface area contributed by atoms with Gasteiger partial charge in [0.2, 0.25) is 0 Å². The molecule has 1 rings (SSSR count). The highest BCUT2D eigenvalue weighted by molar-refractivity contribution is 5.30. The molecule has 0 aromatic heterocycles. The monoisotopic (exact) mass is 226 g/mol. The highest BCUT2D eigenvalue weighted by Crippen LogP contribution is 2.25. The normalized spacial score (nSPS) is 12.9. The van der Waals surface area contributed by atoms with Gasteiger partial charge >= 0.3 is 0 Å². The number of hydrogen-bond acceptors (Lipinski definition) is 2. The van der Waals surface area contributed by atoms with Gasteiger partial charge in [-0.2, -0.15) is 0 Å². The molecule has 1 atom stereocenters. The van der Waals surface area contributed by atoms with E-state index < -0.39 is 11.9 Å². The Morgan fingerprint density at radius 3 is 2.50 bits per heavy atom. The minimum atomic E-state index is -0.595. The van der Waals surface area contributed by atoms with E-state index >= 15 is 0 Å². The Hall–Kier alpha value is -1.09. The first-order valence-electron chi connectivity index (χ1n) is 5.56. The van der Waals surface area contributed by atoms with Crippen LogP contribution >= 0.6 is 0 Å². The number of halogens is 1. The van der Waals surface area contributed by atoms with Gasteiger partial charge in [0.05, 0.1) is 13.2 Å². The highest BCUT2D eigenvalue weighted by Gasteiger charge is 2.11. The van der Waals surface area contributed by atoms with E-state index in [1.54, 1.807) is 12.1 Å². The Bertz CT molecular complexity index is 337. The van der Waals surface area contributed by atoms with Crippen LogP contribution in [0.3, 0.4) is 0 Å². The number of benzene rings is 1. The molecule has 16 heavy (non-hydrogen) atoms. The Morgan fingerprint density at radius 1 is 1.31 bits per heavy atom. The summed E-state index contributed by atoms with van der Waals surface area (Å²) in [6.07, 6.45) is 0.987. The van der Waals surface area contributed by atoms with Crippen molar-refractivity contribution in [3.63, 3.8) is 0 Å². The van der Waals surface area contributed by atoms with Gasteiger partial charge in [-0.15, -0.1) is 0 Å². The fraction of sp³-hybridized carbons (Fsp3) is 0.538. The zero-order valence-electron chi connectivity index (χ0n) is 10.0. The second kappa shape index (κ2) is 5.85. The lowest BCUT2D eigenvalue weighted by Gasteiger charge is -2.13. The molecule has 1 N–H and O–H groups in total. The van der Waals surface area contributed by atoms with Crippen LogP contribution in [-0.2, 0) is 0 Å². The molecule has 1 aromatic rings.